The highest BCUT2D eigenvalue weighted by atomic mass is 19.1. The highest BCUT2D eigenvalue weighted by Gasteiger charge is 2.14. The summed E-state index contributed by atoms with van der Waals surface area (Å²) in [4.78, 5) is 11.9. The number of amides is 1. The van der Waals surface area contributed by atoms with Gasteiger partial charge in [-0.25, -0.2) is 8.78 Å². The fourth-order valence-electron chi connectivity index (χ4n) is 1.78. The summed E-state index contributed by atoms with van der Waals surface area (Å²) in [6.45, 7) is 1.27. The van der Waals surface area contributed by atoms with Crippen molar-refractivity contribution in [1.82, 2.24) is 10.2 Å². The molecule has 8 heteroatoms. The summed E-state index contributed by atoms with van der Waals surface area (Å²) in [6, 6.07) is 6.30. The van der Waals surface area contributed by atoms with Crippen molar-refractivity contribution >= 4 is 17.4 Å². The molecule has 0 fully saturated rings. The number of hydrogen-bond acceptors (Lipinski definition) is 5. The molecule has 0 saturated heterocycles. The number of anilines is 2. The normalized spacial score (nSPS) is 10.4. The van der Waals surface area contributed by atoms with E-state index >= 15 is 0 Å². The van der Waals surface area contributed by atoms with E-state index in [-0.39, 0.29) is 5.69 Å². The zero-order valence-corrected chi connectivity index (χ0v) is 12.5. The smallest absolute Gasteiger partial charge is 0.276 e. The lowest BCUT2D eigenvalue weighted by atomic mass is 10.2. The molecular weight excluding hydrogens is 306 g/mol. The third-order valence-corrected chi connectivity index (χ3v) is 2.93. The molecule has 1 aromatic heterocycles. The van der Waals surface area contributed by atoms with Crippen molar-refractivity contribution < 1.29 is 18.3 Å². The number of aromatic nitrogens is 2. The van der Waals surface area contributed by atoms with Crippen LogP contribution in [0, 0.1) is 11.6 Å². The van der Waals surface area contributed by atoms with E-state index in [4.69, 9.17) is 4.74 Å². The minimum atomic E-state index is -0.859. The molecule has 2 N–H and O–H groups in total. The lowest BCUT2D eigenvalue weighted by molar-refractivity contribution is 0.102. The Hall–Kier alpha value is -2.61. The minimum absolute atomic E-state index is 0.0462. The van der Waals surface area contributed by atoms with Gasteiger partial charge in [0.1, 0.15) is 23.1 Å². The molecule has 23 heavy (non-hydrogen) atoms. The second-order valence-electron chi connectivity index (χ2n) is 4.63. The Labute approximate surface area is 131 Å². The number of benzene rings is 1. The topological polar surface area (TPSA) is 76.1 Å². The van der Waals surface area contributed by atoms with Crippen molar-refractivity contribution in [2.24, 2.45) is 0 Å². The monoisotopic (exact) mass is 322 g/mol. The van der Waals surface area contributed by atoms with Crippen molar-refractivity contribution in [3.63, 3.8) is 0 Å². The number of nitrogens with zero attached hydrogens (tertiary/aromatic N) is 2. The summed E-state index contributed by atoms with van der Waals surface area (Å²) in [7, 11) is 1.62. The molecule has 0 spiro atoms. The molecule has 0 saturated carbocycles. The lowest BCUT2D eigenvalue weighted by Gasteiger charge is -2.07. The van der Waals surface area contributed by atoms with Gasteiger partial charge in [0.05, 0.1) is 0 Å². The first-order chi connectivity index (χ1) is 11.1. The van der Waals surface area contributed by atoms with Crippen LogP contribution in [0.15, 0.2) is 30.3 Å². The second kappa shape index (κ2) is 8.14. The van der Waals surface area contributed by atoms with Crippen molar-refractivity contribution in [1.29, 1.82) is 0 Å². The van der Waals surface area contributed by atoms with Gasteiger partial charge in [0.2, 0.25) is 0 Å². The van der Waals surface area contributed by atoms with Gasteiger partial charge in [-0.2, -0.15) is 0 Å². The molecule has 1 heterocycles. The standard InChI is InChI=1S/C15H16F2N4O2/c1-23-9-3-8-18-13-7-6-12(20-21-13)15(22)19-14-10(16)4-2-5-11(14)17/h2,4-7H,3,8-9H2,1H3,(H,18,21)(H,19,22). The van der Waals surface area contributed by atoms with Crippen LogP contribution in [0.3, 0.4) is 0 Å². The average molecular weight is 322 g/mol. The van der Waals surface area contributed by atoms with Crippen LogP contribution in [-0.4, -0.2) is 36.4 Å². The first-order valence-corrected chi connectivity index (χ1v) is 6.93. The number of para-hydroxylation sites is 1. The van der Waals surface area contributed by atoms with Gasteiger partial charge >= 0.3 is 0 Å². The highest BCUT2D eigenvalue weighted by Crippen LogP contribution is 2.18. The van der Waals surface area contributed by atoms with Gasteiger partial charge in [0.15, 0.2) is 5.69 Å². The number of rotatable bonds is 7. The summed E-state index contributed by atoms with van der Waals surface area (Å²) in [5.74, 6) is -1.97. The second-order valence-corrected chi connectivity index (χ2v) is 4.63. The molecule has 0 aliphatic heterocycles. The molecule has 0 radical (unpaired) electrons. The van der Waals surface area contributed by atoms with Crippen molar-refractivity contribution in [2.45, 2.75) is 6.42 Å². The van der Waals surface area contributed by atoms with E-state index in [2.05, 4.69) is 20.8 Å². The average Bonchev–Trinajstić information content (AvgIpc) is 2.55. The molecule has 2 aromatic rings. The Kier molecular flexibility index (Phi) is 5.93. The van der Waals surface area contributed by atoms with Gasteiger partial charge in [-0.1, -0.05) is 6.07 Å². The number of carbonyl (C=O) groups excluding carboxylic acids is 1. The molecule has 0 aliphatic rings. The lowest BCUT2D eigenvalue weighted by Crippen LogP contribution is -2.17. The SMILES string of the molecule is COCCCNc1ccc(C(=O)Nc2c(F)cccc2F)nn1. The molecule has 1 amide bonds. The van der Waals surface area contributed by atoms with Crippen LogP contribution in [0.4, 0.5) is 20.3 Å². The predicted octanol–water partition coefficient (Wildman–Crippen LogP) is 2.46. The van der Waals surface area contributed by atoms with E-state index in [0.29, 0.717) is 19.0 Å². The Balaban J connectivity index is 1.97. The van der Waals surface area contributed by atoms with Gasteiger partial charge in [-0.05, 0) is 30.7 Å². The summed E-state index contributed by atoms with van der Waals surface area (Å²) in [6.07, 6.45) is 0.799. The number of hydrogen-bond donors (Lipinski definition) is 2. The molecule has 122 valence electrons. The van der Waals surface area contributed by atoms with Crippen LogP contribution in [0.5, 0.6) is 0 Å². The Morgan fingerprint density at radius 1 is 1.17 bits per heavy atom. The molecule has 0 atom stereocenters. The summed E-state index contributed by atoms with van der Waals surface area (Å²) < 4.78 is 31.9. The van der Waals surface area contributed by atoms with E-state index in [9.17, 15) is 13.6 Å². The van der Waals surface area contributed by atoms with E-state index in [1.807, 2.05) is 0 Å². The third-order valence-electron chi connectivity index (χ3n) is 2.93. The fraction of sp³-hybridized carbons (Fsp3) is 0.267. The van der Waals surface area contributed by atoms with Gasteiger partial charge in [0, 0.05) is 20.3 Å². The van der Waals surface area contributed by atoms with Gasteiger partial charge < -0.3 is 15.4 Å². The quantitative estimate of drug-likeness (QED) is 0.766. The first-order valence-electron chi connectivity index (χ1n) is 6.93. The number of halogens is 2. The van der Waals surface area contributed by atoms with Gasteiger partial charge in [0.25, 0.3) is 5.91 Å². The maximum absolute atomic E-state index is 13.5. The maximum Gasteiger partial charge on any atom is 0.276 e. The van der Waals surface area contributed by atoms with Crippen LogP contribution in [0.25, 0.3) is 0 Å². The van der Waals surface area contributed by atoms with Gasteiger partial charge in [-0.3, -0.25) is 4.79 Å². The summed E-state index contributed by atoms with van der Waals surface area (Å²) >= 11 is 0. The number of ether oxygens (including phenoxy) is 1. The minimum Gasteiger partial charge on any atom is -0.385 e. The zero-order valence-electron chi connectivity index (χ0n) is 12.5. The molecule has 0 bridgehead atoms. The Morgan fingerprint density at radius 2 is 1.91 bits per heavy atom. The molecule has 0 aliphatic carbocycles. The summed E-state index contributed by atoms with van der Waals surface area (Å²) in [5, 5.41) is 12.7. The van der Waals surface area contributed by atoms with Crippen LogP contribution in [0.1, 0.15) is 16.9 Å². The Bertz CT molecular complexity index is 645. The zero-order chi connectivity index (χ0) is 16.7. The first kappa shape index (κ1) is 16.8. The van der Waals surface area contributed by atoms with Crippen molar-refractivity contribution in [3.8, 4) is 0 Å². The van der Waals surface area contributed by atoms with Crippen LogP contribution in [0.2, 0.25) is 0 Å². The molecule has 6 nitrogen and oxygen atoms in total. The van der Waals surface area contributed by atoms with E-state index < -0.39 is 23.2 Å². The van der Waals surface area contributed by atoms with Gasteiger partial charge in [-0.15, -0.1) is 10.2 Å². The maximum atomic E-state index is 13.5. The van der Waals surface area contributed by atoms with E-state index in [1.54, 1.807) is 13.2 Å². The number of nitrogens with one attached hydrogen (secondary N) is 2. The van der Waals surface area contributed by atoms with Crippen LogP contribution < -0.4 is 10.6 Å². The molecule has 2 rings (SSSR count). The third kappa shape index (κ3) is 4.68. The molecular formula is C15H16F2N4O2. The Morgan fingerprint density at radius 3 is 2.52 bits per heavy atom. The largest absolute Gasteiger partial charge is 0.385 e. The van der Waals surface area contributed by atoms with Crippen LogP contribution >= 0.6 is 0 Å². The number of carbonyl (C=O) groups is 1. The highest BCUT2D eigenvalue weighted by molar-refractivity contribution is 6.02. The summed E-state index contributed by atoms with van der Waals surface area (Å²) in [5.41, 5.74) is -0.559. The van der Waals surface area contributed by atoms with Crippen molar-refractivity contribution in [2.75, 3.05) is 30.9 Å². The number of methoxy groups -OCH3 is 1. The molecule has 1 aromatic carbocycles. The van der Waals surface area contributed by atoms with E-state index in [0.717, 1.165) is 18.6 Å². The molecule has 0 unspecified atom stereocenters. The van der Waals surface area contributed by atoms with E-state index in [1.165, 1.54) is 12.1 Å². The fourth-order valence-corrected chi connectivity index (χ4v) is 1.78. The predicted molar refractivity (Wildman–Crippen MR) is 81.3 cm³/mol. The van der Waals surface area contributed by atoms with Crippen molar-refractivity contribution in [3.05, 3.63) is 47.7 Å². The van der Waals surface area contributed by atoms with Crippen LogP contribution in [-0.2, 0) is 4.74 Å².